The highest BCUT2D eigenvalue weighted by Crippen LogP contribution is 2.29. The number of ether oxygens (including phenoxy) is 1. The van der Waals surface area contributed by atoms with Crippen LogP contribution in [0.15, 0.2) is 54.6 Å². The van der Waals surface area contributed by atoms with Crippen LogP contribution in [0.5, 0.6) is 0 Å². The van der Waals surface area contributed by atoms with Crippen LogP contribution in [0.3, 0.4) is 0 Å². The van der Waals surface area contributed by atoms with Crippen molar-refractivity contribution in [2.24, 2.45) is 5.41 Å². The first kappa shape index (κ1) is 20.0. The fraction of sp³-hybridized carbons (Fsp3) is 0.478. The standard InChI is InChI=1S/C23H31NO3/c1-23(2,3)22-15-24(14-21(27-22)20(26)16-25)13-17-9-11-19(12-10-17)18-7-5-4-6-8-18/h4-12,20-22,25-26H,13-16H2,1-3H3. The molecule has 0 radical (unpaired) electrons. The molecule has 0 amide bonds. The van der Waals surface area contributed by atoms with Crippen LogP contribution in [0.2, 0.25) is 0 Å². The van der Waals surface area contributed by atoms with Gasteiger partial charge in [-0.1, -0.05) is 75.4 Å². The molecule has 2 N–H and O–H groups in total. The number of rotatable bonds is 5. The van der Waals surface area contributed by atoms with Crippen molar-refractivity contribution >= 4 is 0 Å². The number of hydrogen-bond donors (Lipinski definition) is 2. The molecule has 3 atom stereocenters. The molecular formula is C23H31NO3. The molecule has 27 heavy (non-hydrogen) atoms. The Kier molecular flexibility index (Phi) is 6.33. The molecule has 4 heteroatoms. The molecule has 146 valence electrons. The molecule has 2 aromatic rings. The number of aliphatic hydroxyl groups excluding tert-OH is 2. The summed E-state index contributed by atoms with van der Waals surface area (Å²) in [4.78, 5) is 2.32. The van der Waals surface area contributed by atoms with Gasteiger partial charge in [0, 0.05) is 19.6 Å². The lowest BCUT2D eigenvalue weighted by atomic mass is 9.87. The van der Waals surface area contributed by atoms with Crippen molar-refractivity contribution in [3.8, 4) is 11.1 Å². The largest absolute Gasteiger partial charge is 0.394 e. The second-order valence-electron chi connectivity index (χ2n) is 8.54. The lowest BCUT2D eigenvalue weighted by molar-refractivity contribution is -0.168. The maximum atomic E-state index is 10.1. The van der Waals surface area contributed by atoms with E-state index in [1.54, 1.807) is 0 Å². The molecule has 0 spiro atoms. The maximum Gasteiger partial charge on any atom is 0.104 e. The minimum atomic E-state index is -0.849. The van der Waals surface area contributed by atoms with Gasteiger partial charge >= 0.3 is 0 Å². The zero-order valence-corrected chi connectivity index (χ0v) is 16.5. The van der Waals surface area contributed by atoms with E-state index in [0.29, 0.717) is 6.54 Å². The van der Waals surface area contributed by atoms with Crippen molar-refractivity contribution < 1.29 is 14.9 Å². The van der Waals surface area contributed by atoms with E-state index in [2.05, 4.69) is 74.2 Å². The summed E-state index contributed by atoms with van der Waals surface area (Å²) in [5, 5.41) is 19.5. The quantitative estimate of drug-likeness (QED) is 0.849. The zero-order valence-electron chi connectivity index (χ0n) is 16.5. The Morgan fingerprint density at radius 3 is 2.22 bits per heavy atom. The Labute approximate surface area is 162 Å². The molecule has 1 aliphatic heterocycles. The summed E-state index contributed by atoms with van der Waals surface area (Å²) in [7, 11) is 0. The van der Waals surface area contributed by atoms with E-state index in [1.807, 2.05) is 6.07 Å². The number of nitrogens with zero attached hydrogens (tertiary/aromatic N) is 1. The summed E-state index contributed by atoms with van der Waals surface area (Å²) < 4.78 is 6.10. The predicted molar refractivity (Wildman–Crippen MR) is 108 cm³/mol. The highest BCUT2D eigenvalue weighted by Gasteiger charge is 2.37. The van der Waals surface area contributed by atoms with Crippen molar-refractivity contribution in [3.63, 3.8) is 0 Å². The van der Waals surface area contributed by atoms with Crippen LogP contribution in [-0.4, -0.2) is 53.1 Å². The fourth-order valence-corrected chi connectivity index (χ4v) is 3.49. The van der Waals surface area contributed by atoms with Gasteiger partial charge in [-0.3, -0.25) is 4.90 Å². The second kappa shape index (κ2) is 8.53. The van der Waals surface area contributed by atoms with Crippen LogP contribution in [0, 0.1) is 5.41 Å². The number of aliphatic hydroxyl groups is 2. The molecule has 4 nitrogen and oxygen atoms in total. The van der Waals surface area contributed by atoms with Gasteiger partial charge < -0.3 is 14.9 Å². The summed E-state index contributed by atoms with van der Waals surface area (Å²) in [6.45, 7) is 8.42. The van der Waals surface area contributed by atoms with E-state index in [0.717, 1.165) is 13.1 Å². The van der Waals surface area contributed by atoms with Crippen LogP contribution in [0.4, 0.5) is 0 Å². The van der Waals surface area contributed by atoms with E-state index in [1.165, 1.54) is 16.7 Å². The third-order valence-electron chi connectivity index (χ3n) is 5.25. The Balaban J connectivity index is 1.71. The minimum absolute atomic E-state index is 0.0149. The molecule has 3 rings (SSSR count). The van der Waals surface area contributed by atoms with E-state index >= 15 is 0 Å². The van der Waals surface area contributed by atoms with Crippen molar-refractivity contribution in [2.45, 2.75) is 45.6 Å². The van der Waals surface area contributed by atoms with Gasteiger partial charge in [-0.25, -0.2) is 0 Å². The van der Waals surface area contributed by atoms with Gasteiger partial charge in [0.25, 0.3) is 0 Å². The molecule has 1 fully saturated rings. The Hall–Kier alpha value is -1.72. The first-order valence-corrected chi connectivity index (χ1v) is 9.68. The lowest BCUT2D eigenvalue weighted by Gasteiger charge is -2.44. The molecule has 0 bridgehead atoms. The van der Waals surface area contributed by atoms with Crippen molar-refractivity contribution in [1.82, 2.24) is 4.90 Å². The van der Waals surface area contributed by atoms with Crippen LogP contribution in [0.1, 0.15) is 26.3 Å². The van der Waals surface area contributed by atoms with E-state index in [-0.39, 0.29) is 24.2 Å². The summed E-state index contributed by atoms with van der Waals surface area (Å²) in [5.41, 5.74) is 3.64. The maximum absolute atomic E-state index is 10.1. The molecule has 2 aromatic carbocycles. The fourth-order valence-electron chi connectivity index (χ4n) is 3.49. The van der Waals surface area contributed by atoms with Crippen molar-refractivity contribution in [2.75, 3.05) is 19.7 Å². The smallest absolute Gasteiger partial charge is 0.104 e. The summed E-state index contributed by atoms with van der Waals surface area (Å²) >= 11 is 0. The highest BCUT2D eigenvalue weighted by atomic mass is 16.5. The van der Waals surface area contributed by atoms with Crippen LogP contribution >= 0.6 is 0 Å². The Morgan fingerprint density at radius 2 is 1.63 bits per heavy atom. The molecular weight excluding hydrogens is 338 g/mol. The number of hydrogen-bond acceptors (Lipinski definition) is 4. The first-order valence-electron chi connectivity index (χ1n) is 9.68. The van der Waals surface area contributed by atoms with E-state index in [9.17, 15) is 10.2 Å². The van der Waals surface area contributed by atoms with Crippen LogP contribution < -0.4 is 0 Å². The van der Waals surface area contributed by atoms with E-state index < -0.39 is 6.10 Å². The Bertz CT molecular complexity index is 709. The van der Waals surface area contributed by atoms with Crippen molar-refractivity contribution in [1.29, 1.82) is 0 Å². The van der Waals surface area contributed by atoms with Crippen LogP contribution in [-0.2, 0) is 11.3 Å². The monoisotopic (exact) mass is 369 g/mol. The average molecular weight is 370 g/mol. The molecule has 0 saturated carbocycles. The molecule has 0 aromatic heterocycles. The third kappa shape index (κ3) is 5.17. The molecule has 0 aliphatic carbocycles. The summed E-state index contributed by atoms with van der Waals surface area (Å²) in [6, 6.07) is 19.0. The predicted octanol–water partition coefficient (Wildman–Crippen LogP) is 3.32. The molecule has 1 saturated heterocycles. The van der Waals surface area contributed by atoms with Crippen molar-refractivity contribution in [3.05, 3.63) is 60.2 Å². The normalized spacial score (nSPS) is 22.6. The molecule has 1 heterocycles. The van der Waals surface area contributed by atoms with E-state index in [4.69, 9.17) is 4.74 Å². The van der Waals surface area contributed by atoms with Gasteiger partial charge in [-0.05, 0) is 22.1 Å². The van der Waals surface area contributed by atoms with Crippen LogP contribution in [0.25, 0.3) is 11.1 Å². The number of benzene rings is 2. The minimum Gasteiger partial charge on any atom is -0.394 e. The summed E-state index contributed by atoms with van der Waals surface area (Å²) in [6.07, 6.45) is -1.20. The highest BCUT2D eigenvalue weighted by molar-refractivity contribution is 5.63. The molecule has 1 aliphatic rings. The van der Waals surface area contributed by atoms with Gasteiger partial charge in [0.1, 0.15) is 6.10 Å². The van der Waals surface area contributed by atoms with Gasteiger partial charge in [0.2, 0.25) is 0 Å². The lowest BCUT2D eigenvalue weighted by Crippen LogP contribution is -2.55. The summed E-state index contributed by atoms with van der Waals surface area (Å²) in [5.74, 6) is 0. The first-order chi connectivity index (χ1) is 12.9. The van der Waals surface area contributed by atoms with Gasteiger partial charge in [0.05, 0.1) is 18.8 Å². The third-order valence-corrected chi connectivity index (χ3v) is 5.25. The SMILES string of the molecule is CC(C)(C)C1CN(Cc2ccc(-c3ccccc3)cc2)CC(C(O)CO)O1. The Morgan fingerprint density at radius 1 is 1.00 bits per heavy atom. The average Bonchev–Trinajstić information content (AvgIpc) is 2.67. The second-order valence-corrected chi connectivity index (χ2v) is 8.54. The topological polar surface area (TPSA) is 52.9 Å². The number of morpholine rings is 1. The van der Waals surface area contributed by atoms with Gasteiger partial charge in [0.15, 0.2) is 0 Å². The molecule has 3 unspecified atom stereocenters. The zero-order chi connectivity index (χ0) is 19.4. The van der Waals surface area contributed by atoms with Gasteiger partial charge in [-0.15, -0.1) is 0 Å². The van der Waals surface area contributed by atoms with Gasteiger partial charge in [-0.2, -0.15) is 0 Å².